The molecular weight excluding hydrogens is 232 g/mol. The third-order valence-corrected chi connectivity index (χ3v) is 2.74. The highest BCUT2D eigenvalue weighted by atomic mass is 32.2. The van der Waals surface area contributed by atoms with Crippen LogP contribution in [0.4, 0.5) is 0 Å². The first-order valence-electron chi connectivity index (χ1n) is 4.01. The van der Waals surface area contributed by atoms with E-state index in [0.29, 0.717) is 0 Å². The van der Waals surface area contributed by atoms with Gasteiger partial charge in [-0.2, -0.15) is 5.26 Å². The second-order valence-electron chi connectivity index (χ2n) is 2.93. The van der Waals surface area contributed by atoms with Crippen LogP contribution in [0.15, 0.2) is 17.3 Å². The number of nitrogens with zero attached hydrogens (tertiary/aromatic N) is 2. The van der Waals surface area contributed by atoms with Gasteiger partial charge < -0.3 is 0 Å². The van der Waals surface area contributed by atoms with Crippen LogP contribution in [0.3, 0.4) is 0 Å². The van der Waals surface area contributed by atoms with Gasteiger partial charge in [-0.1, -0.05) is 0 Å². The Labute approximate surface area is 91.8 Å². The van der Waals surface area contributed by atoms with E-state index in [2.05, 4.69) is 4.98 Å². The molecule has 0 aromatic carbocycles. The summed E-state index contributed by atoms with van der Waals surface area (Å²) in [6, 6.07) is 2.78. The minimum absolute atomic E-state index is 0.0199. The number of nitrogen functional groups attached to an aromatic ring is 1. The van der Waals surface area contributed by atoms with Crippen LogP contribution in [0.5, 0.6) is 0 Å². The lowest BCUT2D eigenvalue weighted by atomic mass is 10.2. The molecule has 1 aromatic heterocycles. The van der Waals surface area contributed by atoms with Crippen molar-refractivity contribution < 1.29 is 13.2 Å². The first-order chi connectivity index (χ1) is 7.40. The molecule has 0 aliphatic carbocycles. The molecule has 16 heavy (non-hydrogen) atoms. The second kappa shape index (κ2) is 4.26. The third-order valence-electron chi connectivity index (χ3n) is 1.72. The predicted octanol–water partition coefficient (Wildman–Crippen LogP) is -1.04. The Morgan fingerprint density at radius 1 is 1.62 bits per heavy atom. The Morgan fingerprint density at radius 2 is 2.25 bits per heavy atom. The van der Waals surface area contributed by atoms with Gasteiger partial charge in [-0.05, 0) is 6.07 Å². The number of hydrogen-bond acceptors (Lipinski definition) is 6. The summed E-state index contributed by atoms with van der Waals surface area (Å²) in [7, 11) is -3.59. The van der Waals surface area contributed by atoms with Gasteiger partial charge in [0, 0.05) is 12.5 Å². The van der Waals surface area contributed by atoms with Crippen molar-refractivity contribution in [1.29, 1.82) is 5.26 Å². The molecule has 0 aliphatic rings. The van der Waals surface area contributed by atoms with Gasteiger partial charge in [0.15, 0.2) is 14.9 Å². The number of amides is 1. The van der Waals surface area contributed by atoms with E-state index >= 15 is 0 Å². The van der Waals surface area contributed by atoms with Crippen molar-refractivity contribution in [1.82, 2.24) is 10.4 Å². The molecule has 0 fully saturated rings. The highest BCUT2D eigenvalue weighted by Gasteiger charge is 2.17. The van der Waals surface area contributed by atoms with Crippen molar-refractivity contribution >= 4 is 15.7 Å². The molecular formula is C8H8N4O3S. The highest BCUT2D eigenvalue weighted by molar-refractivity contribution is 7.90. The quantitative estimate of drug-likeness (QED) is 0.386. The Morgan fingerprint density at radius 3 is 2.69 bits per heavy atom. The van der Waals surface area contributed by atoms with E-state index in [4.69, 9.17) is 11.1 Å². The standard InChI is InChI=1S/C8H8N4O3S/c1-16(14,15)8-5(3-9)2-6(4-11-8)7(13)12-10/h2,4H,10H2,1H3,(H,12,13). The number of nitrogens with one attached hydrogen (secondary N) is 1. The van der Waals surface area contributed by atoms with E-state index in [1.54, 1.807) is 6.07 Å². The Hall–Kier alpha value is -1.98. The SMILES string of the molecule is CS(=O)(=O)c1ncc(C(=O)NN)cc1C#N. The molecule has 7 nitrogen and oxygen atoms in total. The molecule has 0 spiro atoms. The topological polar surface area (TPSA) is 126 Å². The molecule has 1 amide bonds. The van der Waals surface area contributed by atoms with E-state index < -0.39 is 15.7 Å². The molecule has 1 aromatic rings. The Kier molecular flexibility index (Phi) is 3.22. The molecule has 0 unspecified atom stereocenters. The molecule has 0 saturated carbocycles. The molecule has 0 bridgehead atoms. The van der Waals surface area contributed by atoms with Crippen molar-refractivity contribution in [3.63, 3.8) is 0 Å². The number of sulfone groups is 1. The van der Waals surface area contributed by atoms with E-state index in [0.717, 1.165) is 18.5 Å². The second-order valence-corrected chi connectivity index (χ2v) is 4.87. The maximum Gasteiger partial charge on any atom is 0.266 e. The predicted molar refractivity (Wildman–Crippen MR) is 53.7 cm³/mol. The van der Waals surface area contributed by atoms with Crippen molar-refractivity contribution in [2.45, 2.75) is 5.03 Å². The molecule has 0 aliphatic heterocycles. The van der Waals surface area contributed by atoms with Crippen LogP contribution >= 0.6 is 0 Å². The summed E-state index contributed by atoms with van der Waals surface area (Å²) in [4.78, 5) is 14.7. The fourth-order valence-electron chi connectivity index (χ4n) is 1.04. The van der Waals surface area contributed by atoms with Gasteiger partial charge in [-0.3, -0.25) is 10.2 Å². The van der Waals surface area contributed by atoms with Crippen molar-refractivity contribution in [3.8, 4) is 6.07 Å². The van der Waals surface area contributed by atoms with Gasteiger partial charge in [0.25, 0.3) is 5.91 Å². The summed E-state index contributed by atoms with van der Waals surface area (Å²) in [5.41, 5.74) is 1.68. The summed E-state index contributed by atoms with van der Waals surface area (Å²) in [6.45, 7) is 0. The van der Waals surface area contributed by atoms with Gasteiger partial charge >= 0.3 is 0 Å². The molecule has 84 valence electrons. The highest BCUT2D eigenvalue weighted by Crippen LogP contribution is 2.13. The number of nitrogens with two attached hydrogens (primary N) is 1. The van der Waals surface area contributed by atoms with Crippen LogP contribution in [0.25, 0.3) is 0 Å². The van der Waals surface area contributed by atoms with Gasteiger partial charge in [-0.15, -0.1) is 0 Å². The monoisotopic (exact) mass is 240 g/mol. The summed E-state index contributed by atoms with van der Waals surface area (Å²) in [5.74, 6) is 4.24. The number of rotatable bonds is 2. The zero-order valence-electron chi connectivity index (χ0n) is 8.26. The van der Waals surface area contributed by atoms with E-state index in [1.165, 1.54) is 0 Å². The maximum atomic E-state index is 11.2. The summed E-state index contributed by atoms with van der Waals surface area (Å²) < 4.78 is 22.4. The Bertz CT molecular complexity index is 573. The van der Waals surface area contributed by atoms with Crippen LogP contribution < -0.4 is 11.3 Å². The van der Waals surface area contributed by atoms with Crippen molar-refractivity contribution in [3.05, 3.63) is 23.4 Å². The van der Waals surface area contributed by atoms with Crippen molar-refractivity contribution in [2.75, 3.05) is 6.26 Å². The van der Waals surface area contributed by atoms with E-state index in [1.807, 2.05) is 5.43 Å². The summed E-state index contributed by atoms with van der Waals surface area (Å²) >= 11 is 0. The van der Waals surface area contributed by atoms with Gasteiger partial charge in [0.05, 0.1) is 11.1 Å². The fraction of sp³-hybridized carbons (Fsp3) is 0.125. The van der Waals surface area contributed by atoms with Crippen LogP contribution in [-0.4, -0.2) is 25.6 Å². The lowest BCUT2D eigenvalue weighted by molar-refractivity contribution is 0.0953. The molecule has 8 heteroatoms. The summed E-state index contributed by atoms with van der Waals surface area (Å²) in [5, 5.41) is 8.39. The smallest absolute Gasteiger partial charge is 0.266 e. The van der Waals surface area contributed by atoms with Crippen LogP contribution in [-0.2, 0) is 9.84 Å². The summed E-state index contributed by atoms with van der Waals surface area (Å²) in [6.07, 6.45) is 1.97. The first-order valence-corrected chi connectivity index (χ1v) is 5.90. The molecule has 3 N–H and O–H groups in total. The van der Waals surface area contributed by atoms with Crippen LogP contribution in [0.2, 0.25) is 0 Å². The molecule has 0 saturated heterocycles. The minimum atomic E-state index is -3.59. The third kappa shape index (κ3) is 2.33. The first kappa shape index (κ1) is 12.1. The number of hydrogen-bond donors (Lipinski definition) is 2. The average Bonchev–Trinajstić information content (AvgIpc) is 2.25. The normalized spacial score (nSPS) is 10.6. The van der Waals surface area contributed by atoms with Gasteiger partial charge in [0.1, 0.15) is 6.07 Å². The zero-order chi connectivity index (χ0) is 12.3. The molecule has 1 rings (SSSR count). The average molecular weight is 240 g/mol. The number of nitriles is 1. The Balaban J connectivity index is 3.41. The van der Waals surface area contributed by atoms with Crippen LogP contribution in [0, 0.1) is 11.3 Å². The molecule has 1 heterocycles. The van der Waals surface area contributed by atoms with Crippen molar-refractivity contribution in [2.24, 2.45) is 5.84 Å². The molecule has 0 atom stereocenters. The van der Waals surface area contributed by atoms with E-state index in [9.17, 15) is 13.2 Å². The fourth-order valence-corrected chi connectivity index (χ4v) is 1.78. The number of carbonyl (C=O) groups excluding carboxylic acids is 1. The van der Waals surface area contributed by atoms with Crippen LogP contribution in [0.1, 0.15) is 15.9 Å². The largest absolute Gasteiger partial charge is 0.290 e. The number of pyridine rings is 1. The lowest BCUT2D eigenvalue weighted by Gasteiger charge is -2.03. The van der Waals surface area contributed by atoms with E-state index in [-0.39, 0.29) is 16.2 Å². The lowest BCUT2D eigenvalue weighted by Crippen LogP contribution is -2.30. The van der Waals surface area contributed by atoms with Gasteiger partial charge in [-0.25, -0.2) is 19.2 Å². The number of aromatic nitrogens is 1. The number of carbonyl (C=O) groups is 1. The minimum Gasteiger partial charge on any atom is -0.290 e. The van der Waals surface area contributed by atoms with Gasteiger partial charge in [0.2, 0.25) is 0 Å². The maximum absolute atomic E-state index is 11.2. The number of hydrazine groups is 1. The molecule has 0 radical (unpaired) electrons. The zero-order valence-corrected chi connectivity index (χ0v) is 9.08.